The van der Waals surface area contributed by atoms with Gasteiger partial charge >= 0.3 is 0 Å². The van der Waals surface area contributed by atoms with Crippen LogP contribution in [0.2, 0.25) is 0 Å². The Morgan fingerprint density at radius 2 is 2.17 bits per heavy atom. The van der Waals surface area contributed by atoms with Gasteiger partial charge in [-0.15, -0.1) is 0 Å². The number of aromatic nitrogens is 2. The zero-order valence-electron chi connectivity index (χ0n) is 14.2. The van der Waals surface area contributed by atoms with E-state index in [1.807, 2.05) is 4.90 Å². The van der Waals surface area contributed by atoms with Crippen molar-refractivity contribution in [1.82, 2.24) is 20.5 Å². The van der Waals surface area contributed by atoms with E-state index in [-0.39, 0.29) is 24.3 Å². The molecule has 7 heteroatoms. The van der Waals surface area contributed by atoms with Crippen molar-refractivity contribution < 1.29 is 14.2 Å². The summed E-state index contributed by atoms with van der Waals surface area (Å²) in [6.45, 7) is 7.59. The number of nitrogens with zero attached hydrogens (tertiary/aromatic N) is 3. The maximum Gasteiger partial charge on any atom is 0.226 e. The first-order chi connectivity index (χ1) is 11.0. The predicted molar refractivity (Wildman–Crippen MR) is 84.6 cm³/mol. The maximum atomic E-state index is 12.1. The summed E-state index contributed by atoms with van der Waals surface area (Å²) < 4.78 is 4.60. The summed E-state index contributed by atoms with van der Waals surface area (Å²) in [6.07, 6.45) is 3.16. The Morgan fingerprint density at radius 1 is 1.39 bits per heavy atom. The Kier molecular flexibility index (Phi) is 6.12. The lowest BCUT2D eigenvalue weighted by Crippen LogP contribution is -2.37. The fourth-order valence-electron chi connectivity index (χ4n) is 2.67. The van der Waals surface area contributed by atoms with Gasteiger partial charge in [-0.2, -0.15) is 0 Å². The minimum Gasteiger partial charge on any atom is -0.353 e. The van der Waals surface area contributed by atoms with Gasteiger partial charge < -0.3 is 10.2 Å². The summed E-state index contributed by atoms with van der Waals surface area (Å²) >= 11 is 0. The number of aryl methyl sites for hydroxylation is 1. The van der Waals surface area contributed by atoms with Gasteiger partial charge in [-0.3, -0.25) is 9.59 Å². The Labute approximate surface area is 136 Å². The average molecular weight is 322 g/mol. The van der Waals surface area contributed by atoms with E-state index >= 15 is 0 Å². The molecule has 0 saturated carbocycles. The molecule has 128 valence electrons. The molecular weight excluding hydrogens is 296 g/mol. The smallest absolute Gasteiger partial charge is 0.226 e. The second-order valence-electron chi connectivity index (χ2n) is 6.63. The molecule has 0 spiro atoms. The van der Waals surface area contributed by atoms with Crippen LogP contribution >= 0.6 is 0 Å². The molecule has 1 N–H and O–H groups in total. The standard InChI is InChI=1S/C16H26N4O3/c1-11(2)6-8-20-9-7-13(4-5-16(20)22)17-15(21)10-14-12(3)18-23-19-14/h11,13H,4-10H2,1-3H3,(H,17,21). The predicted octanol–water partition coefficient (Wildman–Crippen LogP) is 1.46. The molecule has 1 aromatic rings. The largest absolute Gasteiger partial charge is 0.353 e. The highest BCUT2D eigenvalue weighted by Crippen LogP contribution is 2.14. The highest BCUT2D eigenvalue weighted by molar-refractivity contribution is 5.79. The number of hydrogen-bond acceptors (Lipinski definition) is 5. The molecular formula is C16H26N4O3. The molecule has 2 heterocycles. The second kappa shape index (κ2) is 8.08. The van der Waals surface area contributed by atoms with Crippen molar-refractivity contribution in [3.63, 3.8) is 0 Å². The average Bonchev–Trinajstić information content (AvgIpc) is 2.79. The lowest BCUT2D eigenvalue weighted by Gasteiger charge is -2.22. The quantitative estimate of drug-likeness (QED) is 0.856. The van der Waals surface area contributed by atoms with Gasteiger partial charge in [0.2, 0.25) is 11.8 Å². The molecule has 1 unspecified atom stereocenters. The van der Waals surface area contributed by atoms with Crippen molar-refractivity contribution >= 4 is 11.8 Å². The van der Waals surface area contributed by atoms with Crippen LogP contribution in [0.3, 0.4) is 0 Å². The molecule has 1 fully saturated rings. The number of nitrogens with one attached hydrogen (secondary N) is 1. The van der Waals surface area contributed by atoms with Gasteiger partial charge in [-0.05, 0) is 32.1 Å². The van der Waals surface area contributed by atoms with Crippen molar-refractivity contribution in [3.8, 4) is 0 Å². The van der Waals surface area contributed by atoms with Crippen LogP contribution in [0.25, 0.3) is 0 Å². The zero-order valence-corrected chi connectivity index (χ0v) is 14.2. The van der Waals surface area contributed by atoms with Crippen LogP contribution < -0.4 is 5.32 Å². The van der Waals surface area contributed by atoms with Gasteiger partial charge in [0.15, 0.2) is 0 Å². The maximum absolute atomic E-state index is 12.1. The molecule has 1 aliphatic heterocycles. The lowest BCUT2D eigenvalue weighted by molar-refractivity contribution is -0.130. The third-order valence-corrected chi connectivity index (χ3v) is 4.22. The number of carbonyl (C=O) groups excluding carboxylic acids is 2. The monoisotopic (exact) mass is 322 g/mol. The molecule has 0 aromatic carbocycles. The Balaban J connectivity index is 1.81. The molecule has 2 amide bonds. The van der Waals surface area contributed by atoms with Gasteiger partial charge in [0.25, 0.3) is 0 Å². The normalized spacial score (nSPS) is 19.0. The Morgan fingerprint density at radius 3 is 2.83 bits per heavy atom. The van der Waals surface area contributed by atoms with Crippen LogP contribution in [-0.2, 0) is 16.0 Å². The van der Waals surface area contributed by atoms with E-state index in [9.17, 15) is 9.59 Å². The summed E-state index contributed by atoms with van der Waals surface area (Å²) in [5.74, 6) is 0.677. The first-order valence-corrected chi connectivity index (χ1v) is 8.31. The van der Waals surface area contributed by atoms with E-state index in [4.69, 9.17) is 0 Å². The number of amides is 2. The van der Waals surface area contributed by atoms with Crippen molar-refractivity contribution in [2.24, 2.45) is 5.92 Å². The van der Waals surface area contributed by atoms with Crippen molar-refractivity contribution in [2.45, 2.75) is 58.9 Å². The highest BCUT2D eigenvalue weighted by atomic mass is 16.6. The number of carbonyl (C=O) groups is 2. The second-order valence-corrected chi connectivity index (χ2v) is 6.63. The molecule has 2 rings (SSSR count). The topological polar surface area (TPSA) is 88.3 Å². The van der Waals surface area contributed by atoms with E-state index in [0.29, 0.717) is 36.7 Å². The molecule has 1 aromatic heterocycles. The summed E-state index contributed by atoms with van der Waals surface area (Å²) in [5.41, 5.74) is 1.20. The minimum atomic E-state index is -0.100. The van der Waals surface area contributed by atoms with Crippen LogP contribution in [0.15, 0.2) is 4.63 Å². The third-order valence-electron chi connectivity index (χ3n) is 4.22. The van der Waals surface area contributed by atoms with Gasteiger partial charge in [0.1, 0.15) is 11.4 Å². The number of rotatable bonds is 6. The molecule has 1 saturated heterocycles. The van der Waals surface area contributed by atoms with Crippen molar-refractivity contribution in [2.75, 3.05) is 13.1 Å². The van der Waals surface area contributed by atoms with Crippen LogP contribution in [0, 0.1) is 12.8 Å². The molecule has 7 nitrogen and oxygen atoms in total. The van der Waals surface area contributed by atoms with E-state index in [2.05, 4.69) is 34.1 Å². The van der Waals surface area contributed by atoms with Gasteiger partial charge in [-0.1, -0.05) is 24.2 Å². The van der Waals surface area contributed by atoms with Crippen LogP contribution in [0.5, 0.6) is 0 Å². The molecule has 0 aliphatic carbocycles. The fraction of sp³-hybridized carbons (Fsp3) is 0.750. The summed E-state index contributed by atoms with van der Waals surface area (Å²) in [5, 5.41) is 10.4. The minimum absolute atomic E-state index is 0.0377. The van der Waals surface area contributed by atoms with Gasteiger partial charge in [0.05, 0.1) is 6.42 Å². The first-order valence-electron chi connectivity index (χ1n) is 8.31. The van der Waals surface area contributed by atoms with Crippen LogP contribution in [0.4, 0.5) is 0 Å². The molecule has 0 radical (unpaired) electrons. The Hall–Kier alpha value is -1.92. The van der Waals surface area contributed by atoms with E-state index in [0.717, 1.165) is 19.4 Å². The summed E-state index contributed by atoms with van der Waals surface area (Å²) in [7, 11) is 0. The molecule has 1 aliphatic rings. The third kappa shape index (κ3) is 5.33. The van der Waals surface area contributed by atoms with Crippen molar-refractivity contribution in [1.29, 1.82) is 0 Å². The van der Waals surface area contributed by atoms with Gasteiger partial charge in [0, 0.05) is 25.6 Å². The number of likely N-dealkylation sites (tertiary alicyclic amines) is 1. The van der Waals surface area contributed by atoms with Crippen LogP contribution in [-0.4, -0.2) is 46.2 Å². The number of hydrogen-bond donors (Lipinski definition) is 1. The lowest BCUT2D eigenvalue weighted by atomic mass is 10.1. The highest BCUT2D eigenvalue weighted by Gasteiger charge is 2.24. The van der Waals surface area contributed by atoms with Crippen molar-refractivity contribution in [3.05, 3.63) is 11.4 Å². The van der Waals surface area contributed by atoms with E-state index < -0.39 is 0 Å². The van der Waals surface area contributed by atoms with Crippen LogP contribution in [0.1, 0.15) is 50.9 Å². The first kappa shape index (κ1) is 17.4. The Bertz CT molecular complexity index is 541. The SMILES string of the molecule is Cc1nonc1CC(=O)NC1CCC(=O)N(CCC(C)C)CC1. The zero-order chi connectivity index (χ0) is 16.8. The molecule has 0 bridgehead atoms. The summed E-state index contributed by atoms with van der Waals surface area (Å²) in [4.78, 5) is 26.2. The molecule has 23 heavy (non-hydrogen) atoms. The fourth-order valence-corrected chi connectivity index (χ4v) is 2.67. The molecule has 1 atom stereocenters. The summed E-state index contributed by atoms with van der Waals surface area (Å²) in [6, 6.07) is 0.0377. The van der Waals surface area contributed by atoms with Gasteiger partial charge in [-0.25, -0.2) is 4.63 Å². The van der Waals surface area contributed by atoms with E-state index in [1.54, 1.807) is 6.92 Å². The van der Waals surface area contributed by atoms with E-state index in [1.165, 1.54) is 0 Å².